The van der Waals surface area contributed by atoms with E-state index in [1.54, 1.807) is 0 Å². The van der Waals surface area contributed by atoms with E-state index in [-0.39, 0.29) is 5.57 Å². The molecule has 4 heteroatoms. The Labute approximate surface area is 90.2 Å². The summed E-state index contributed by atoms with van der Waals surface area (Å²) in [7, 11) is 2.54. The van der Waals surface area contributed by atoms with Crippen LogP contribution in [0.1, 0.15) is 20.8 Å². The summed E-state index contributed by atoms with van der Waals surface area (Å²) >= 11 is 0. The molecule has 0 aromatic heterocycles. The van der Waals surface area contributed by atoms with Gasteiger partial charge in [-0.3, -0.25) is 4.79 Å². The Balaban J connectivity index is 5.05. The molecule has 0 aliphatic heterocycles. The van der Waals surface area contributed by atoms with Crippen LogP contribution in [-0.2, 0) is 19.1 Å². The molecule has 0 bridgehead atoms. The van der Waals surface area contributed by atoms with Gasteiger partial charge in [-0.2, -0.15) is 0 Å². The molecule has 0 aliphatic rings. The van der Waals surface area contributed by atoms with E-state index in [0.29, 0.717) is 0 Å². The summed E-state index contributed by atoms with van der Waals surface area (Å²) in [4.78, 5) is 22.8. The lowest BCUT2D eigenvalue weighted by molar-refractivity contribution is -0.150. The Morgan fingerprint density at radius 3 is 1.87 bits per heavy atom. The Morgan fingerprint density at radius 2 is 1.60 bits per heavy atom. The topological polar surface area (TPSA) is 52.6 Å². The molecule has 0 heterocycles. The molecule has 0 spiro atoms. The van der Waals surface area contributed by atoms with Crippen molar-refractivity contribution in [1.29, 1.82) is 0 Å². The van der Waals surface area contributed by atoms with Gasteiger partial charge in [0, 0.05) is 5.57 Å². The summed E-state index contributed by atoms with van der Waals surface area (Å²) in [6, 6.07) is 0. The normalized spacial score (nSPS) is 12.9. The van der Waals surface area contributed by atoms with Gasteiger partial charge in [0.25, 0.3) is 0 Å². The van der Waals surface area contributed by atoms with E-state index in [0.717, 1.165) is 0 Å². The SMILES string of the molecule is C=C(C(=O)OC)C(C(=O)OC)C(C)(C)C. The lowest BCUT2D eigenvalue weighted by Gasteiger charge is -2.28. The fourth-order valence-corrected chi connectivity index (χ4v) is 1.39. The summed E-state index contributed by atoms with van der Waals surface area (Å²) in [5.74, 6) is -1.74. The molecule has 86 valence electrons. The van der Waals surface area contributed by atoms with Crippen LogP contribution in [-0.4, -0.2) is 26.2 Å². The lowest BCUT2D eigenvalue weighted by Crippen LogP contribution is -2.34. The molecule has 0 saturated heterocycles. The summed E-state index contributed by atoms with van der Waals surface area (Å²) in [5.41, 5.74) is -0.310. The number of ether oxygens (including phenoxy) is 2. The second-order valence-electron chi connectivity index (χ2n) is 4.34. The van der Waals surface area contributed by atoms with Crippen LogP contribution in [0.15, 0.2) is 12.2 Å². The van der Waals surface area contributed by atoms with Crippen LogP contribution in [0.2, 0.25) is 0 Å². The molecule has 1 unspecified atom stereocenters. The van der Waals surface area contributed by atoms with Crippen LogP contribution < -0.4 is 0 Å². The van der Waals surface area contributed by atoms with Gasteiger partial charge in [-0.1, -0.05) is 27.4 Å². The van der Waals surface area contributed by atoms with E-state index >= 15 is 0 Å². The number of carbonyl (C=O) groups is 2. The fraction of sp³-hybridized carbons (Fsp3) is 0.636. The molecule has 15 heavy (non-hydrogen) atoms. The zero-order chi connectivity index (χ0) is 12.2. The smallest absolute Gasteiger partial charge is 0.334 e. The van der Waals surface area contributed by atoms with Crippen molar-refractivity contribution in [1.82, 2.24) is 0 Å². The van der Waals surface area contributed by atoms with Crippen molar-refractivity contribution in [3.05, 3.63) is 12.2 Å². The quantitative estimate of drug-likeness (QED) is 0.528. The summed E-state index contributed by atoms with van der Waals surface area (Å²) in [5, 5.41) is 0. The maximum absolute atomic E-state index is 11.5. The third-order valence-electron chi connectivity index (χ3n) is 2.10. The van der Waals surface area contributed by atoms with Crippen LogP contribution >= 0.6 is 0 Å². The largest absolute Gasteiger partial charge is 0.469 e. The molecular weight excluding hydrogens is 196 g/mol. The Hall–Kier alpha value is -1.32. The molecule has 0 amide bonds. The van der Waals surface area contributed by atoms with Gasteiger partial charge < -0.3 is 9.47 Å². The van der Waals surface area contributed by atoms with Crippen molar-refractivity contribution in [2.24, 2.45) is 11.3 Å². The standard InChI is InChI=1S/C11H18O4/c1-7(9(12)14-5)8(10(13)15-6)11(2,3)4/h8H,1H2,2-6H3. The highest BCUT2D eigenvalue weighted by Crippen LogP contribution is 2.32. The Bertz CT molecular complexity index is 273. The molecule has 0 saturated carbocycles. The average molecular weight is 214 g/mol. The lowest BCUT2D eigenvalue weighted by atomic mass is 9.76. The van der Waals surface area contributed by atoms with Crippen LogP contribution in [0.3, 0.4) is 0 Å². The van der Waals surface area contributed by atoms with E-state index in [1.807, 2.05) is 20.8 Å². The van der Waals surface area contributed by atoms with Crippen LogP contribution in [0.25, 0.3) is 0 Å². The number of esters is 2. The van der Waals surface area contributed by atoms with Crippen molar-refractivity contribution >= 4 is 11.9 Å². The van der Waals surface area contributed by atoms with Gasteiger partial charge >= 0.3 is 11.9 Å². The number of rotatable bonds is 3. The maximum Gasteiger partial charge on any atom is 0.334 e. The van der Waals surface area contributed by atoms with Crippen molar-refractivity contribution in [3.8, 4) is 0 Å². The summed E-state index contributed by atoms with van der Waals surface area (Å²) in [6.45, 7) is 9.09. The van der Waals surface area contributed by atoms with E-state index in [9.17, 15) is 9.59 Å². The second kappa shape index (κ2) is 4.96. The first-order valence-corrected chi connectivity index (χ1v) is 4.60. The van der Waals surface area contributed by atoms with E-state index in [4.69, 9.17) is 0 Å². The highest BCUT2D eigenvalue weighted by atomic mass is 16.5. The molecule has 4 nitrogen and oxygen atoms in total. The monoisotopic (exact) mass is 214 g/mol. The molecule has 0 aromatic carbocycles. The number of carbonyl (C=O) groups excluding carboxylic acids is 2. The van der Waals surface area contributed by atoms with Gasteiger partial charge in [0.2, 0.25) is 0 Å². The van der Waals surface area contributed by atoms with Crippen LogP contribution in [0.4, 0.5) is 0 Å². The van der Waals surface area contributed by atoms with Gasteiger partial charge in [0.1, 0.15) is 0 Å². The van der Waals surface area contributed by atoms with Gasteiger partial charge in [-0.15, -0.1) is 0 Å². The third kappa shape index (κ3) is 3.38. The van der Waals surface area contributed by atoms with Gasteiger partial charge in [-0.25, -0.2) is 4.79 Å². The van der Waals surface area contributed by atoms with E-state index < -0.39 is 23.3 Å². The predicted octanol–water partition coefficient (Wildman–Crippen LogP) is 1.55. The molecule has 1 atom stereocenters. The fourth-order valence-electron chi connectivity index (χ4n) is 1.39. The second-order valence-corrected chi connectivity index (χ2v) is 4.34. The molecule has 0 aliphatic carbocycles. The van der Waals surface area contributed by atoms with Gasteiger partial charge in [-0.05, 0) is 5.41 Å². The first-order valence-electron chi connectivity index (χ1n) is 4.60. The minimum absolute atomic E-state index is 0.122. The van der Waals surface area contributed by atoms with Gasteiger partial charge in [0.15, 0.2) is 0 Å². The highest BCUT2D eigenvalue weighted by molar-refractivity contribution is 5.95. The van der Waals surface area contributed by atoms with Crippen LogP contribution in [0, 0.1) is 11.3 Å². The molecule has 0 radical (unpaired) electrons. The zero-order valence-electron chi connectivity index (χ0n) is 9.92. The average Bonchev–Trinajstić information content (AvgIpc) is 2.14. The van der Waals surface area contributed by atoms with Crippen molar-refractivity contribution in [2.75, 3.05) is 14.2 Å². The van der Waals surface area contributed by atoms with Crippen molar-refractivity contribution in [3.63, 3.8) is 0 Å². The maximum atomic E-state index is 11.5. The molecule has 0 fully saturated rings. The number of methoxy groups -OCH3 is 2. The van der Waals surface area contributed by atoms with Crippen molar-refractivity contribution in [2.45, 2.75) is 20.8 Å². The molecule has 0 rings (SSSR count). The van der Waals surface area contributed by atoms with Crippen LogP contribution in [0.5, 0.6) is 0 Å². The molecule has 0 aromatic rings. The first-order chi connectivity index (χ1) is 6.75. The first kappa shape index (κ1) is 13.7. The Morgan fingerprint density at radius 1 is 1.13 bits per heavy atom. The van der Waals surface area contributed by atoms with E-state index in [2.05, 4.69) is 16.1 Å². The minimum atomic E-state index is -0.685. The highest BCUT2D eigenvalue weighted by Gasteiger charge is 2.37. The van der Waals surface area contributed by atoms with E-state index in [1.165, 1.54) is 14.2 Å². The third-order valence-corrected chi connectivity index (χ3v) is 2.10. The van der Waals surface area contributed by atoms with Crippen molar-refractivity contribution < 1.29 is 19.1 Å². The predicted molar refractivity (Wildman–Crippen MR) is 56.1 cm³/mol. The summed E-state index contributed by atoms with van der Waals surface area (Å²) in [6.07, 6.45) is 0. The number of hydrogen-bond donors (Lipinski definition) is 0. The zero-order valence-corrected chi connectivity index (χ0v) is 9.92. The minimum Gasteiger partial charge on any atom is -0.469 e. The molecule has 0 N–H and O–H groups in total. The molecular formula is C11H18O4. The van der Waals surface area contributed by atoms with Gasteiger partial charge in [0.05, 0.1) is 20.1 Å². The summed E-state index contributed by atoms with van der Waals surface area (Å²) < 4.78 is 9.18. The number of hydrogen-bond acceptors (Lipinski definition) is 4. The Kier molecular flexibility index (Phi) is 4.52.